The molecule has 0 saturated carbocycles. The molecular formula is C22H19FN4O4S. The second-order valence-electron chi connectivity index (χ2n) is 6.32. The lowest BCUT2D eigenvalue weighted by atomic mass is 10.2. The minimum absolute atomic E-state index is 0.0286. The van der Waals surface area contributed by atoms with Crippen LogP contribution in [0.2, 0.25) is 0 Å². The van der Waals surface area contributed by atoms with Gasteiger partial charge in [0, 0.05) is 5.56 Å². The summed E-state index contributed by atoms with van der Waals surface area (Å²) in [4.78, 5) is 36.4. The van der Waals surface area contributed by atoms with Crippen molar-refractivity contribution in [3.05, 3.63) is 77.6 Å². The Balaban J connectivity index is 1.54. The number of esters is 1. The number of anilines is 2. The van der Waals surface area contributed by atoms with Crippen molar-refractivity contribution >= 4 is 41.1 Å². The summed E-state index contributed by atoms with van der Waals surface area (Å²) in [5.41, 5.74) is 0.786. The van der Waals surface area contributed by atoms with Crippen molar-refractivity contribution in [2.24, 2.45) is 0 Å². The maximum atomic E-state index is 13.2. The molecule has 32 heavy (non-hydrogen) atoms. The van der Waals surface area contributed by atoms with Gasteiger partial charge in [0.2, 0.25) is 5.91 Å². The minimum atomic E-state index is -0.516. The third-order valence-electron chi connectivity index (χ3n) is 4.02. The third-order valence-corrected chi connectivity index (χ3v) is 4.94. The van der Waals surface area contributed by atoms with Crippen molar-refractivity contribution in [2.45, 2.75) is 11.9 Å². The van der Waals surface area contributed by atoms with Gasteiger partial charge in [0.15, 0.2) is 5.82 Å². The van der Waals surface area contributed by atoms with E-state index in [1.54, 1.807) is 37.3 Å². The van der Waals surface area contributed by atoms with E-state index in [4.69, 9.17) is 4.74 Å². The molecule has 10 heteroatoms. The summed E-state index contributed by atoms with van der Waals surface area (Å²) in [5.74, 6) is -1.66. The molecule has 164 valence electrons. The number of benzene rings is 2. The largest absolute Gasteiger partial charge is 0.462 e. The fourth-order valence-corrected chi connectivity index (χ4v) is 3.20. The van der Waals surface area contributed by atoms with Crippen molar-refractivity contribution in [3.8, 4) is 0 Å². The number of amides is 2. The zero-order chi connectivity index (χ0) is 22.9. The Labute approximate surface area is 187 Å². The summed E-state index contributed by atoms with van der Waals surface area (Å²) in [6, 6.07) is 15.0. The fourth-order valence-electron chi connectivity index (χ4n) is 2.59. The quantitative estimate of drug-likeness (QED) is 0.394. The highest BCUT2D eigenvalue weighted by Crippen LogP contribution is 2.19. The molecule has 0 bridgehead atoms. The average molecular weight is 454 g/mol. The highest BCUT2D eigenvalue weighted by atomic mass is 32.2. The second-order valence-corrected chi connectivity index (χ2v) is 7.32. The van der Waals surface area contributed by atoms with Gasteiger partial charge in [0.25, 0.3) is 5.91 Å². The van der Waals surface area contributed by atoms with Crippen molar-refractivity contribution in [1.82, 2.24) is 10.2 Å². The molecule has 3 rings (SSSR count). The molecule has 3 aromatic rings. The van der Waals surface area contributed by atoms with Gasteiger partial charge in [-0.05, 0) is 49.4 Å². The number of carbonyl (C=O) groups is 3. The van der Waals surface area contributed by atoms with Crippen molar-refractivity contribution < 1.29 is 23.5 Å². The average Bonchev–Trinajstić information content (AvgIpc) is 2.79. The first kappa shape index (κ1) is 22.9. The monoisotopic (exact) mass is 454 g/mol. The van der Waals surface area contributed by atoms with E-state index >= 15 is 0 Å². The van der Waals surface area contributed by atoms with E-state index in [0.717, 1.165) is 17.8 Å². The highest BCUT2D eigenvalue weighted by molar-refractivity contribution is 7.99. The first-order valence-corrected chi connectivity index (χ1v) is 10.5. The molecule has 0 aliphatic rings. The summed E-state index contributed by atoms with van der Waals surface area (Å²) in [5, 5.41) is 13.5. The van der Waals surface area contributed by atoms with Gasteiger partial charge in [-0.2, -0.15) is 0 Å². The molecular weight excluding hydrogens is 435 g/mol. The number of nitrogens with zero attached hydrogens (tertiary/aromatic N) is 2. The molecule has 2 amide bonds. The Morgan fingerprint density at radius 3 is 2.53 bits per heavy atom. The molecule has 0 fully saturated rings. The number of aromatic nitrogens is 2. The Morgan fingerprint density at radius 2 is 1.81 bits per heavy atom. The van der Waals surface area contributed by atoms with E-state index in [9.17, 15) is 18.8 Å². The Kier molecular flexibility index (Phi) is 7.87. The maximum Gasteiger partial charge on any atom is 0.340 e. The van der Waals surface area contributed by atoms with E-state index in [1.807, 2.05) is 0 Å². The number of thioether (sulfide) groups is 1. The molecule has 0 atom stereocenters. The predicted octanol–water partition coefficient (Wildman–Crippen LogP) is 3.78. The molecule has 0 saturated heterocycles. The molecule has 1 heterocycles. The zero-order valence-electron chi connectivity index (χ0n) is 17.0. The van der Waals surface area contributed by atoms with Crippen molar-refractivity contribution in [3.63, 3.8) is 0 Å². The number of para-hydroxylation sites is 1. The lowest BCUT2D eigenvalue weighted by molar-refractivity contribution is -0.113. The first-order valence-electron chi connectivity index (χ1n) is 9.55. The zero-order valence-corrected chi connectivity index (χ0v) is 17.8. The fraction of sp³-hybridized carbons (Fsp3) is 0.136. The Morgan fingerprint density at radius 1 is 1.00 bits per heavy atom. The molecule has 2 N–H and O–H groups in total. The normalized spacial score (nSPS) is 10.3. The number of rotatable bonds is 8. The third kappa shape index (κ3) is 6.35. The lowest BCUT2D eigenvalue weighted by Gasteiger charge is -2.10. The minimum Gasteiger partial charge on any atom is -0.462 e. The van der Waals surface area contributed by atoms with E-state index in [0.29, 0.717) is 10.7 Å². The first-order chi connectivity index (χ1) is 15.5. The van der Waals surface area contributed by atoms with E-state index in [2.05, 4.69) is 20.8 Å². The van der Waals surface area contributed by atoms with Crippen LogP contribution in [0.3, 0.4) is 0 Å². The van der Waals surface area contributed by atoms with Crippen LogP contribution in [0.4, 0.5) is 15.9 Å². The van der Waals surface area contributed by atoms with Crippen molar-refractivity contribution in [2.75, 3.05) is 23.0 Å². The van der Waals surface area contributed by atoms with Gasteiger partial charge in [0.1, 0.15) is 10.8 Å². The van der Waals surface area contributed by atoms with Crippen LogP contribution < -0.4 is 10.6 Å². The van der Waals surface area contributed by atoms with Gasteiger partial charge in [-0.3, -0.25) is 9.59 Å². The van der Waals surface area contributed by atoms with Gasteiger partial charge < -0.3 is 15.4 Å². The molecule has 2 aromatic carbocycles. The molecule has 0 aliphatic heterocycles. The number of hydrogen-bond donors (Lipinski definition) is 2. The van der Waals surface area contributed by atoms with Crippen LogP contribution >= 0.6 is 11.8 Å². The van der Waals surface area contributed by atoms with Crippen LogP contribution in [0, 0.1) is 5.82 Å². The molecule has 1 aromatic heterocycles. The van der Waals surface area contributed by atoms with E-state index in [1.165, 1.54) is 24.3 Å². The van der Waals surface area contributed by atoms with Crippen LogP contribution in [0.1, 0.15) is 27.6 Å². The van der Waals surface area contributed by atoms with Gasteiger partial charge in [-0.25, -0.2) is 9.18 Å². The van der Waals surface area contributed by atoms with Gasteiger partial charge in [-0.1, -0.05) is 30.0 Å². The molecule has 0 radical (unpaired) electrons. The maximum absolute atomic E-state index is 13.2. The summed E-state index contributed by atoms with van der Waals surface area (Å²) < 4.78 is 18.2. The summed E-state index contributed by atoms with van der Waals surface area (Å²) >= 11 is 1.13. The van der Waals surface area contributed by atoms with Crippen LogP contribution in [-0.4, -0.2) is 40.3 Å². The second kappa shape index (κ2) is 11.0. The molecule has 8 nitrogen and oxygen atoms in total. The number of carbonyl (C=O) groups excluding carboxylic acids is 3. The van der Waals surface area contributed by atoms with Crippen LogP contribution in [-0.2, 0) is 9.53 Å². The lowest BCUT2D eigenvalue weighted by Crippen LogP contribution is -2.17. The molecule has 0 spiro atoms. The highest BCUT2D eigenvalue weighted by Gasteiger charge is 2.14. The van der Waals surface area contributed by atoms with Crippen LogP contribution in [0.15, 0.2) is 65.7 Å². The number of halogens is 1. The summed E-state index contributed by atoms with van der Waals surface area (Å²) in [6.07, 6.45) is 0. The molecule has 0 unspecified atom stereocenters. The standard InChI is InChI=1S/C22H19FN4O4S/c1-2-31-22(30)16-8-3-4-9-17(16)24-19(28)13-32-20-11-10-18(26-27-20)25-21(29)14-6-5-7-15(23)12-14/h3-12H,2,13H2,1H3,(H,24,28)(H,25,26,29). The van der Waals surface area contributed by atoms with Crippen LogP contribution in [0.25, 0.3) is 0 Å². The number of ether oxygens (including phenoxy) is 1. The van der Waals surface area contributed by atoms with E-state index in [-0.39, 0.29) is 35.2 Å². The van der Waals surface area contributed by atoms with Crippen molar-refractivity contribution in [1.29, 1.82) is 0 Å². The molecule has 0 aliphatic carbocycles. The Hall–Kier alpha value is -3.79. The van der Waals surface area contributed by atoms with E-state index < -0.39 is 17.7 Å². The number of nitrogens with one attached hydrogen (secondary N) is 2. The summed E-state index contributed by atoms with van der Waals surface area (Å²) in [7, 11) is 0. The summed E-state index contributed by atoms with van der Waals surface area (Å²) in [6.45, 7) is 1.93. The Bertz CT molecular complexity index is 1120. The van der Waals surface area contributed by atoms with Crippen LogP contribution in [0.5, 0.6) is 0 Å². The topological polar surface area (TPSA) is 110 Å². The van der Waals surface area contributed by atoms with Gasteiger partial charge in [0.05, 0.1) is 23.6 Å². The van der Waals surface area contributed by atoms with Gasteiger partial charge in [-0.15, -0.1) is 10.2 Å². The smallest absolute Gasteiger partial charge is 0.340 e. The van der Waals surface area contributed by atoms with Gasteiger partial charge >= 0.3 is 5.97 Å². The number of hydrogen-bond acceptors (Lipinski definition) is 7. The SMILES string of the molecule is CCOC(=O)c1ccccc1NC(=O)CSc1ccc(NC(=O)c2cccc(F)c2)nn1. The predicted molar refractivity (Wildman–Crippen MR) is 118 cm³/mol.